The molecule has 0 aliphatic rings. The van der Waals surface area contributed by atoms with Crippen molar-refractivity contribution in [2.45, 2.75) is 51.9 Å². The van der Waals surface area contributed by atoms with Crippen molar-refractivity contribution in [1.82, 2.24) is 0 Å². The van der Waals surface area contributed by atoms with Gasteiger partial charge < -0.3 is 24.1 Å². The van der Waals surface area contributed by atoms with E-state index in [1.807, 2.05) is 56.3 Å². The van der Waals surface area contributed by atoms with Crippen LogP contribution in [0.1, 0.15) is 31.9 Å². The van der Waals surface area contributed by atoms with Gasteiger partial charge in [0.1, 0.15) is 30.8 Å². The molecule has 164 valence electrons. The summed E-state index contributed by atoms with van der Waals surface area (Å²) in [6.07, 6.45) is -0.240. The number of hydrogen-bond acceptors (Lipinski definition) is 6. The van der Waals surface area contributed by atoms with Crippen molar-refractivity contribution in [2.24, 2.45) is 0 Å². The van der Waals surface area contributed by atoms with Gasteiger partial charge in [-0.1, -0.05) is 31.2 Å². The summed E-state index contributed by atoms with van der Waals surface area (Å²) in [5, 5.41) is 10.2. The van der Waals surface area contributed by atoms with E-state index in [2.05, 4.69) is 6.92 Å². The van der Waals surface area contributed by atoms with Gasteiger partial charge in [-0.15, -0.1) is 0 Å². The molecule has 6 nitrogen and oxygen atoms in total. The highest BCUT2D eigenvalue weighted by molar-refractivity contribution is 5.75. The fourth-order valence-electron chi connectivity index (χ4n) is 2.91. The Labute approximate surface area is 178 Å². The van der Waals surface area contributed by atoms with Crippen LogP contribution in [0.15, 0.2) is 48.5 Å². The highest BCUT2D eigenvalue weighted by Gasteiger charge is 2.22. The second kappa shape index (κ2) is 12.2. The van der Waals surface area contributed by atoms with E-state index >= 15 is 0 Å². The molecule has 0 aromatic heterocycles. The van der Waals surface area contributed by atoms with Gasteiger partial charge in [-0.2, -0.15) is 0 Å². The monoisotopic (exact) mass is 416 g/mol. The molecule has 2 rings (SSSR count). The summed E-state index contributed by atoms with van der Waals surface area (Å²) in [4.78, 5) is 12.0. The molecule has 0 aliphatic heterocycles. The number of carbonyl (C=O) groups is 1. The largest absolute Gasteiger partial charge is 0.491 e. The maximum absolute atomic E-state index is 12.0. The van der Waals surface area contributed by atoms with Gasteiger partial charge in [-0.05, 0) is 55.7 Å². The van der Waals surface area contributed by atoms with Crippen molar-refractivity contribution < 1.29 is 28.8 Å². The van der Waals surface area contributed by atoms with E-state index in [9.17, 15) is 9.90 Å². The van der Waals surface area contributed by atoms with Gasteiger partial charge in [0.25, 0.3) is 0 Å². The minimum absolute atomic E-state index is 0.0956. The maximum Gasteiger partial charge on any atom is 0.335 e. The van der Waals surface area contributed by atoms with Crippen LogP contribution in [0.5, 0.6) is 11.5 Å². The van der Waals surface area contributed by atoms with Crippen LogP contribution in [-0.4, -0.2) is 49.7 Å². The average Bonchev–Trinajstić information content (AvgIpc) is 2.75. The fourth-order valence-corrected chi connectivity index (χ4v) is 2.91. The zero-order valence-corrected chi connectivity index (χ0v) is 18.2. The van der Waals surface area contributed by atoms with Crippen LogP contribution in [0, 0.1) is 0 Å². The Morgan fingerprint density at radius 2 is 1.53 bits per heavy atom. The highest BCUT2D eigenvalue weighted by atomic mass is 16.6. The Bertz CT molecular complexity index is 789. The molecule has 0 spiro atoms. The summed E-state index contributed by atoms with van der Waals surface area (Å²) >= 11 is 0. The summed E-state index contributed by atoms with van der Waals surface area (Å²) in [6, 6.07) is 15.2. The summed E-state index contributed by atoms with van der Waals surface area (Å²) < 4.78 is 21.9. The van der Waals surface area contributed by atoms with Crippen molar-refractivity contribution in [1.29, 1.82) is 0 Å². The Morgan fingerprint density at radius 3 is 2.07 bits per heavy atom. The van der Waals surface area contributed by atoms with Gasteiger partial charge in [0.15, 0.2) is 6.10 Å². The maximum atomic E-state index is 12.0. The molecule has 0 aliphatic carbocycles. The Morgan fingerprint density at radius 1 is 0.967 bits per heavy atom. The number of rotatable bonds is 12. The van der Waals surface area contributed by atoms with Crippen LogP contribution in [0.4, 0.5) is 0 Å². The Balaban J connectivity index is 1.87. The SMILES string of the molecule is CCc1cccc(OCC(O)COc2cccc(CC(OC(C)C)C(=O)OC)c2)c1. The molecular weight excluding hydrogens is 384 g/mol. The molecule has 0 saturated carbocycles. The number of carbonyl (C=O) groups excluding carboxylic acids is 1. The number of methoxy groups -OCH3 is 1. The molecule has 0 saturated heterocycles. The lowest BCUT2D eigenvalue weighted by atomic mass is 10.1. The number of benzene rings is 2. The van der Waals surface area contributed by atoms with Crippen molar-refractivity contribution in [3.05, 3.63) is 59.7 Å². The Hall–Kier alpha value is -2.57. The molecule has 2 atom stereocenters. The molecule has 2 aromatic carbocycles. The third-order valence-electron chi connectivity index (χ3n) is 4.41. The number of aliphatic hydroxyl groups excluding tert-OH is 1. The van der Waals surface area contributed by atoms with Crippen LogP contribution < -0.4 is 9.47 Å². The van der Waals surface area contributed by atoms with E-state index < -0.39 is 18.2 Å². The molecule has 0 fully saturated rings. The molecule has 30 heavy (non-hydrogen) atoms. The van der Waals surface area contributed by atoms with E-state index in [1.165, 1.54) is 12.7 Å². The molecule has 6 heteroatoms. The summed E-state index contributed by atoms with van der Waals surface area (Å²) in [7, 11) is 1.35. The van der Waals surface area contributed by atoms with Gasteiger partial charge in [0.05, 0.1) is 13.2 Å². The molecule has 0 amide bonds. The van der Waals surface area contributed by atoms with Crippen LogP contribution in [-0.2, 0) is 27.1 Å². The normalized spacial score (nSPS) is 13.0. The van der Waals surface area contributed by atoms with E-state index in [1.54, 1.807) is 6.07 Å². The third kappa shape index (κ3) is 8.05. The highest BCUT2D eigenvalue weighted by Crippen LogP contribution is 2.18. The molecule has 0 radical (unpaired) electrons. The third-order valence-corrected chi connectivity index (χ3v) is 4.41. The zero-order valence-electron chi connectivity index (χ0n) is 18.2. The summed E-state index contributed by atoms with van der Waals surface area (Å²) in [5.41, 5.74) is 2.06. The zero-order chi connectivity index (χ0) is 21.9. The molecule has 1 N–H and O–H groups in total. The number of ether oxygens (including phenoxy) is 4. The van der Waals surface area contributed by atoms with Gasteiger partial charge >= 0.3 is 5.97 Å². The first-order valence-electron chi connectivity index (χ1n) is 10.3. The number of aliphatic hydroxyl groups is 1. The van der Waals surface area contributed by atoms with E-state index in [0.717, 1.165) is 17.7 Å². The van der Waals surface area contributed by atoms with Crippen molar-refractivity contribution in [3.8, 4) is 11.5 Å². The quantitative estimate of drug-likeness (QED) is 0.533. The second-order valence-electron chi connectivity index (χ2n) is 7.32. The minimum Gasteiger partial charge on any atom is -0.491 e. The first kappa shape index (κ1) is 23.7. The minimum atomic E-state index is -0.772. The summed E-state index contributed by atoms with van der Waals surface area (Å²) in [5.74, 6) is 0.928. The molecular formula is C24H32O6. The molecule has 0 heterocycles. The van der Waals surface area contributed by atoms with Crippen molar-refractivity contribution in [2.75, 3.05) is 20.3 Å². The van der Waals surface area contributed by atoms with Crippen molar-refractivity contribution in [3.63, 3.8) is 0 Å². The van der Waals surface area contributed by atoms with E-state index in [4.69, 9.17) is 18.9 Å². The number of aryl methyl sites for hydroxylation is 1. The molecule has 0 bridgehead atoms. The fraction of sp³-hybridized carbons (Fsp3) is 0.458. The van der Waals surface area contributed by atoms with E-state index in [0.29, 0.717) is 12.2 Å². The predicted octanol–water partition coefficient (Wildman–Crippen LogP) is 3.58. The van der Waals surface area contributed by atoms with Gasteiger partial charge in [0, 0.05) is 6.42 Å². The lowest BCUT2D eigenvalue weighted by molar-refractivity contribution is -0.156. The van der Waals surface area contributed by atoms with Crippen molar-refractivity contribution >= 4 is 5.97 Å². The van der Waals surface area contributed by atoms with Gasteiger partial charge in [-0.3, -0.25) is 0 Å². The van der Waals surface area contributed by atoms with E-state index in [-0.39, 0.29) is 19.3 Å². The molecule has 2 unspecified atom stereocenters. The lowest BCUT2D eigenvalue weighted by Gasteiger charge is -2.19. The topological polar surface area (TPSA) is 74.2 Å². The lowest BCUT2D eigenvalue weighted by Crippen LogP contribution is -2.30. The standard InChI is InChI=1S/C24H32O6/c1-5-18-8-6-10-21(12-18)28-15-20(25)16-29-22-11-7-9-19(13-22)14-23(24(26)27-4)30-17(2)3/h6-13,17,20,23,25H,5,14-16H2,1-4H3. The second-order valence-corrected chi connectivity index (χ2v) is 7.32. The number of esters is 1. The average molecular weight is 417 g/mol. The summed E-state index contributed by atoms with van der Waals surface area (Å²) in [6.45, 7) is 6.06. The van der Waals surface area contributed by atoms with Crippen LogP contribution in [0.25, 0.3) is 0 Å². The van der Waals surface area contributed by atoms with Crippen LogP contribution in [0.3, 0.4) is 0 Å². The van der Waals surface area contributed by atoms with Gasteiger partial charge in [-0.25, -0.2) is 4.79 Å². The molecule has 2 aromatic rings. The number of hydrogen-bond donors (Lipinski definition) is 1. The first-order chi connectivity index (χ1) is 14.4. The predicted molar refractivity (Wildman–Crippen MR) is 115 cm³/mol. The smallest absolute Gasteiger partial charge is 0.335 e. The van der Waals surface area contributed by atoms with Gasteiger partial charge in [0.2, 0.25) is 0 Å². The van der Waals surface area contributed by atoms with Crippen LogP contribution >= 0.6 is 0 Å². The van der Waals surface area contributed by atoms with Crippen LogP contribution in [0.2, 0.25) is 0 Å². The Kier molecular flexibility index (Phi) is 9.64. The first-order valence-corrected chi connectivity index (χ1v) is 10.3.